The maximum absolute atomic E-state index is 12.4. The molecule has 2 heteroatoms. The number of ketones is 2. The lowest BCUT2D eigenvalue weighted by molar-refractivity contribution is -0.131. The average molecular weight is 272 g/mol. The van der Waals surface area contributed by atoms with E-state index in [9.17, 15) is 9.59 Å². The Morgan fingerprint density at radius 1 is 1.15 bits per heavy atom. The van der Waals surface area contributed by atoms with Crippen LogP contribution in [0.25, 0.3) is 0 Å². The van der Waals surface area contributed by atoms with Gasteiger partial charge < -0.3 is 0 Å². The molecule has 0 amide bonds. The van der Waals surface area contributed by atoms with Crippen LogP contribution in [0.5, 0.6) is 0 Å². The van der Waals surface area contributed by atoms with Gasteiger partial charge >= 0.3 is 0 Å². The Morgan fingerprint density at radius 2 is 1.75 bits per heavy atom. The highest BCUT2D eigenvalue weighted by atomic mass is 16.1. The molecule has 0 saturated heterocycles. The summed E-state index contributed by atoms with van der Waals surface area (Å²) in [5.41, 5.74) is -0.0481. The van der Waals surface area contributed by atoms with Gasteiger partial charge in [-0.2, -0.15) is 0 Å². The number of hydrogen-bond acceptors (Lipinski definition) is 2. The van der Waals surface area contributed by atoms with Crippen LogP contribution in [0, 0.1) is 22.7 Å². The molecular weight excluding hydrogens is 248 g/mol. The van der Waals surface area contributed by atoms with Crippen LogP contribution in [-0.2, 0) is 9.59 Å². The summed E-state index contributed by atoms with van der Waals surface area (Å²) in [6, 6.07) is 0. The molecular formula is C18H24O2. The van der Waals surface area contributed by atoms with Gasteiger partial charge in [0, 0.05) is 12.3 Å². The third kappa shape index (κ3) is 2.32. The fraction of sp³-hybridized carbons (Fsp3) is 0.556. The van der Waals surface area contributed by atoms with E-state index in [2.05, 4.69) is 39.2 Å². The molecule has 0 radical (unpaired) electrons. The summed E-state index contributed by atoms with van der Waals surface area (Å²) in [5.74, 6) is 0.370. The summed E-state index contributed by atoms with van der Waals surface area (Å²) in [4.78, 5) is 23.9. The monoisotopic (exact) mass is 272 g/mol. The zero-order valence-electron chi connectivity index (χ0n) is 12.5. The SMILES string of the molecule is C=CC(=O)CC[C@@H]1[C@@H](C(=O)C=C)[C@@]2(C)C=C[C@]1(C)CC2. The molecule has 3 rings (SSSR count). The number of carbonyl (C=O) groups is 2. The third-order valence-corrected chi connectivity index (χ3v) is 5.44. The maximum Gasteiger partial charge on any atom is 0.159 e. The van der Waals surface area contributed by atoms with Crippen molar-refractivity contribution in [1.29, 1.82) is 0 Å². The molecule has 0 aromatic heterocycles. The van der Waals surface area contributed by atoms with Crippen LogP contribution in [0.1, 0.15) is 39.5 Å². The molecule has 0 spiro atoms. The van der Waals surface area contributed by atoms with Crippen molar-refractivity contribution < 1.29 is 9.59 Å². The van der Waals surface area contributed by atoms with Gasteiger partial charge in [0.15, 0.2) is 11.6 Å². The molecule has 1 fully saturated rings. The van der Waals surface area contributed by atoms with Crippen LogP contribution >= 0.6 is 0 Å². The van der Waals surface area contributed by atoms with Gasteiger partial charge in [-0.05, 0) is 48.2 Å². The topological polar surface area (TPSA) is 34.1 Å². The zero-order chi connectivity index (χ0) is 15.0. The number of carbonyl (C=O) groups excluding carboxylic acids is 2. The van der Waals surface area contributed by atoms with Gasteiger partial charge in [0.05, 0.1) is 0 Å². The molecule has 3 aliphatic rings. The van der Waals surface area contributed by atoms with Gasteiger partial charge in [-0.3, -0.25) is 9.59 Å². The van der Waals surface area contributed by atoms with Crippen LogP contribution in [0.4, 0.5) is 0 Å². The van der Waals surface area contributed by atoms with E-state index in [0.29, 0.717) is 6.42 Å². The molecule has 1 saturated carbocycles. The summed E-state index contributed by atoms with van der Waals surface area (Å²) in [6.07, 6.45) is 10.7. The van der Waals surface area contributed by atoms with Crippen molar-refractivity contribution in [2.24, 2.45) is 22.7 Å². The normalized spacial score (nSPS) is 38.5. The largest absolute Gasteiger partial charge is 0.295 e. The van der Waals surface area contributed by atoms with Gasteiger partial charge in [-0.1, -0.05) is 39.2 Å². The first-order chi connectivity index (χ1) is 9.36. The molecule has 2 nitrogen and oxygen atoms in total. The van der Waals surface area contributed by atoms with Crippen molar-refractivity contribution in [3.05, 3.63) is 37.5 Å². The lowest BCUT2D eigenvalue weighted by atomic mass is 9.47. The minimum absolute atomic E-state index is 0.0303. The van der Waals surface area contributed by atoms with Crippen molar-refractivity contribution in [3.8, 4) is 0 Å². The van der Waals surface area contributed by atoms with E-state index >= 15 is 0 Å². The van der Waals surface area contributed by atoms with Crippen LogP contribution in [0.3, 0.4) is 0 Å². The van der Waals surface area contributed by atoms with Crippen LogP contribution in [0.2, 0.25) is 0 Å². The Hall–Kier alpha value is -1.44. The molecule has 108 valence electrons. The smallest absolute Gasteiger partial charge is 0.159 e. The van der Waals surface area contributed by atoms with E-state index in [4.69, 9.17) is 0 Å². The van der Waals surface area contributed by atoms with E-state index in [1.54, 1.807) is 0 Å². The molecule has 2 bridgehead atoms. The Balaban J connectivity index is 2.32. The predicted octanol–water partition coefficient (Wildman–Crippen LogP) is 3.89. The fourth-order valence-electron chi connectivity index (χ4n) is 4.04. The third-order valence-electron chi connectivity index (χ3n) is 5.44. The Bertz CT molecular complexity index is 488. The molecule has 3 aliphatic carbocycles. The van der Waals surface area contributed by atoms with Crippen LogP contribution < -0.4 is 0 Å². The highest BCUT2D eigenvalue weighted by Crippen LogP contribution is 2.60. The van der Waals surface area contributed by atoms with E-state index in [-0.39, 0.29) is 34.2 Å². The van der Waals surface area contributed by atoms with E-state index < -0.39 is 0 Å². The molecule has 0 aromatic carbocycles. The quantitative estimate of drug-likeness (QED) is 0.543. The van der Waals surface area contributed by atoms with Crippen LogP contribution in [0.15, 0.2) is 37.5 Å². The average Bonchev–Trinajstić information content (AvgIpc) is 2.45. The first-order valence-corrected chi connectivity index (χ1v) is 7.38. The number of rotatable bonds is 6. The zero-order valence-corrected chi connectivity index (χ0v) is 12.5. The summed E-state index contributed by atoms with van der Waals surface area (Å²) in [7, 11) is 0. The predicted molar refractivity (Wildman–Crippen MR) is 81.2 cm³/mol. The second kappa shape index (κ2) is 5.16. The minimum Gasteiger partial charge on any atom is -0.295 e. The van der Waals surface area contributed by atoms with E-state index in [1.165, 1.54) is 12.2 Å². The Morgan fingerprint density at radius 3 is 2.25 bits per heavy atom. The van der Waals surface area contributed by atoms with Gasteiger partial charge in [0.1, 0.15) is 0 Å². The van der Waals surface area contributed by atoms with Gasteiger partial charge in [-0.25, -0.2) is 0 Å². The lowest BCUT2D eigenvalue weighted by Crippen LogP contribution is -2.51. The molecule has 0 unspecified atom stereocenters. The maximum atomic E-state index is 12.4. The molecule has 0 aliphatic heterocycles. The summed E-state index contributed by atoms with van der Waals surface area (Å²) in [5, 5.41) is 0. The molecule has 20 heavy (non-hydrogen) atoms. The molecule has 0 heterocycles. The number of hydrogen-bond donors (Lipinski definition) is 0. The molecule has 0 N–H and O–H groups in total. The van der Waals surface area contributed by atoms with Crippen molar-refractivity contribution in [2.75, 3.05) is 0 Å². The van der Waals surface area contributed by atoms with Gasteiger partial charge in [-0.15, -0.1) is 0 Å². The summed E-state index contributed by atoms with van der Waals surface area (Å²) < 4.78 is 0. The first-order valence-electron chi connectivity index (χ1n) is 7.38. The first kappa shape index (κ1) is 15.0. The Labute approximate surface area is 121 Å². The summed E-state index contributed by atoms with van der Waals surface area (Å²) >= 11 is 0. The van der Waals surface area contributed by atoms with Crippen LogP contribution in [-0.4, -0.2) is 11.6 Å². The second-order valence-corrected chi connectivity index (χ2v) is 6.74. The summed E-state index contributed by atoms with van der Waals surface area (Å²) in [6.45, 7) is 11.6. The van der Waals surface area contributed by atoms with E-state index in [1.807, 2.05) is 0 Å². The van der Waals surface area contributed by atoms with E-state index in [0.717, 1.165) is 19.3 Å². The highest BCUT2D eigenvalue weighted by molar-refractivity contribution is 5.93. The van der Waals surface area contributed by atoms with Crippen molar-refractivity contribution in [2.45, 2.75) is 39.5 Å². The van der Waals surface area contributed by atoms with Gasteiger partial charge in [0.2, 0.25) is 0 Å². The minimum atomic E-state index is -0.0784. The molecule has 4 atom stereocenters. The van der Waals surface area contributed by atoms with Gasteiger partial charge in [0.25, 0.3) is 0 Å². The molecule has 0 aromatic rings. The highest BCUT2D eigenvalue weighted by Gasteiger charge is 2.54. The second-order valence-electron chi connectivity index (χ2n) is 6.74. The Kier molecular flexibility index (Phi) is 3.86. The lowest BCUT2D eigenvalue weighted by Gasteiger charge is -2.56. The van der Waals surface area contributed by atoms with Crippen molar-refractivity contribution >= 4 is 11.6 Å². The van der Waals surface area contributed by atoms with Crippen molar-refractivity contribution in [3.63, 3.8) is 0 Å². The fourth-order valence-corrected chi connectivity index (χ4v) is 4.04. The number of fused-ring (bicyclic) bond motifs is 2. The standard InChI is InChI=1S/C18H24O2/c1-5-13(19)7-8-14-16(15(20)6-2)18(4)11-9-17(14,3)10-12-18/h5-6,9,11,14,16H,1-2,7-8,10,12H2,3-4H3/t14-,16+,17-,18+/m1/s1. The number of allylic oxidation sites excluding steroid dienone is 4. The van der Waals surface area contributed by atoms with Crippen molar-refractivity contribution in [1.82, 2.24) is 0 Å².